The lowest BCUT2D eigenvalue weighted by Crippen LogP contribution is -2.39. The number of hydrogen-bond donors (Lipinski definition) is 1. The summed E-state index contributed by atoms with van der Waals surface area (Å²) in [6, 6.07) is 10.1. The Morgan fingerprint density at radius 3 is 2.00 bits per heavy atom. The molecule has 0 saturated heterocycles. The topological polar surface area (TPSA) is 73.3 Å². The number of nitrogens with zero attached hydrogens (tertiary/aromatic N) is 1. The predicted octanol–water partition coefficient (Wildman–Crippen LogP) is 8.70. The Hall–Kier alpha value is -1.89. The summed E-state index contributed by atoms with van der Waals surface area (Å²) in [6.45, 7) is 7.00. The lowest BCUT2D eigenvalue weighted by Gasteiger charge is -2.29. The first-order valence-electron chi connectivity index (χ1n) is 16.2. The van der Waals surface area contributed by atoms with Gasteiger partial charge >= 0.3 is 5.69 Å². The molecule has 2 aromatic rings. The molecule has 0 aliphatic rings. The average molecular weight is 591 g/mol. The predicted molar refractivity (Wildman–Crippen MR) is 171 cm³/mol. The summed E-state index contributed by atoms with van der Waals surface area (Å²) in [5.74, 6) is 0.191. The maximum absolute atomic E-state index is 13.1. The third-order valence-corrected chi connectivity index (χ3v) is 8.09. The molecule has 0 fully saturated rings. The van der Waals surface area contributed by atoms with Crippen molar-refractivity contribution in [1.82, 2.24) is 9.55 Å². The molecule has 0 amide bonds. The molecule has 0 radical (unpaired) electrons. The molecule has 0 aliphatic heterocycles. The van der Waals surface area contributed by atoms with Crippen molar-refractivity contribution in [1.29, 1.82) is 0 Å². The molecular formula is C34H55ClN2O4. The van der Waals surface area contributed by atoms with E-state index < -0.39 is 11.8 Å². The first kappa shape index (κ1) is 35.3. The van der Waals surface area contributed by atoms with Crippen LogP contribution in [0.3, 0.4) is 0 Å². The van der Waals surface area contributed by atoms with Crippen molar-refractivity contribution < 1.29 is 9.47 Å². The number of nitrogens with one attached hydrogen (secondary N) is 1. The van der Waals surface area contributed by atoms with Crippen molar-refractivity contribution >= 4 is 11.6 Å². The smallest absolute Gasteiger partial charge is 0.328 e. The van der Waals surface area contributed by atoms with Gasteiger partial charge in [-0.2, -0.15) is 0 Å². The van der Waals surface area contributed by atoms with Crippen LogP contribution in [0.2, 0.25) is 0 Å². The minimum atomic E-state index is -0.447. The Labute approximate surface area is 253 Å². The lowest BCUT2D eigenvalue weighted by molar-refractivity contribution is -0.107. The summed E-state index contributed by atoms with van der Waals surface area (Å²) in [5.41, 5.74) is 0.801. The van der Waals surface area contributed by atoms with E-state index in [-0.39, 0.29) is 30.2 Å². The van der Waals surface area contributed by atoms with E-state index in [0.29, 0.717) is 18.6 Å². The highest BCUT2D eigenvalue weighted by molar-refractivity contribution is 6.17. The molecule has 232 valence electrons. The molecule has 1 aromatic heterocycles. The number of halogens is 1. The lowest BCUT2D eigenvalue weighted by atomic mass is 10.0. The van der Waals surface area contributed by atoms with Crippen LogP contribution in [0.25, 0.3) is 0 Å². The van der Waals surface area contributed by atoms with E-state index in [1.54, 1.807) is 0 Å². The van der Waals surface area contributed by atoms with Crippen LogP contribution in [-0.4, -0.2) is 27.6 Å². The highest BCUT2D eigenvalue weighted by Gasteiger charge is 2.25. The molecule has 6 nitrogen and oxygen atoms in total. The number of unbranched alkanes of at least 4 members (excludes halogenated alkanes) is 12. The third kappa shape index (κ3) is 13.8. The van der Waals surface area contributed by atoms with Gasteiger partial charge in [-0.1, -0.05) is 128 Å². The molecule has 0 saturated carbocycles. The zero-order valence-electron chi connectivity index (χ0n) is 25.9. The number of benzene rings is 1. The van der Waals surface area contributed by atoms with Crippen LogP contribution in [0.4, 0.5) is 0 Å². The van der Waals surface area contributed by atoms with E-state index in [2.05, 4.69) is 31.0 Å². The Bertz CT molecular complexity index is 1040. The minimum absolute atomic E-state index is 0.144. The van der Waals surface area contributed by atoms with Crippen LogP contribution >= 0.6 is 11.6 Å². The molecule has 3 atom stereocenters. The minimum Gasteiger partial charge on any atom is -0.371 e. The standard InChI is InChI=1S/C34H55ClN2O4/c1-4-6-7-8-9-10-11-12-13-14-15-16-20-23-32(28(3)40-27-29-21-18-17-19-22-29)41-31(5-2)30-26-36-34(39)37(25-24-35)33(30)38/h17-19,21-22,26,28,31-32H,4-16,20,23-25,27H2,1-3H3,(H,36,39). The molecule has 1 aromatic carbocycles. The molecule has 3 unspecified atom stereocenters. The van der Waals surface area contributed by atoms with E-state index in [9.17, 15) is 9.59 Å². The fourth-order valence-corrected chi connectivity index (χ4v) is 5.50. The van der Waals surface area contributed by atoms with Gasteiger partial charge in [0.25, 0.3) is 5.56 Å². The largest absolute Gasteiger partial charge is 0.371 e. The molecule has 2 rings (SSSR count). The van der Waals surface area contributed by atoms with Crippen LogP contribution in [-0.2, 0) is 22.6 Å². The molecule has 0 spiro atoms. The number of hydrogen-bond acceptors (Lipinski definition) is 4. The van der Waals surface area contributed by atoms with Gasteiger partial charge in [0.15, 0.2) is 0 Å². The molecule has 41 heavy (non-hydrogen) atoms. The Morgan fingerprint density at radius 1 is 0.854 bits per heavy atom. The van der Waals surface area contributed by atoms with Crippen molar-refractivity contribution in [2.45, 2.75) is 149 Å². The molecule has 1 heterocycles. The SMILES string of the molecule is CCCCCCCCCCCCCCCC(OC(CC)c1c[nH]c(=O)n(CCCl)c1=O)C(C)OCc1ccccc1. The van der Waals surface area contributed by atoms with Crippen molar-refractivity contribution in [2.24, 2.45) is 0 Å². The summed E-state index contributed by atoms with van der Waals surface area (Å²) in [6.07, 6.45) is 19.3. The average Bonchev–Trinajstić information content (AvgIpc) is 2.99. The number of aromatic nitrogens is 2. The van der Waals surface area contributed by atoms with Gasteiger partial charge in [0.1, 0.15) is 0 Å². The van der Waals surface area contributed by atoms with Gasteiger partial charge in [-0.3, -0.25) is 9.36 Å². The number of rotatable bonds is 24. The maximum atomic E-state index is 13.1. The molecule has 0 aliphatic carbocycles. The maximum Gasteiger partial charge on any atom is 0.328 e. The molecule has 1 N–H and O–H groups in total. The van der Waals surface area contributed by atoms with Gasteiger partial charge in [-0.15, -0.1) is 11.6 Å². The second-order valence-corrected chi connectivity index (χ2v) is 11.7. The van der Waals surface area contributed by atoms with Gasteiger partial charge in [0.2, 0.25) is 0 Å². The summed E-state index contributed by atoms with van der Waals surface area (Å²) in [4.78, 5) is 28.0. The van der Waals surface area contributed by atoms with E-state index >= 15 is 0 Å². The third-order valence-electron chi connectivity index (χ3n) is 7.92. The monoisotopic (exact) mass is 590 g/mol. The molecule has 7 heteroatoms. The first-order valence-corrected chi connectivity index (χ1v) is 16.7. The van der Waals surface area contributed by atoms with Crippen molar-refractivity contribution in [3.05, 3.63) is 68.5 Å². The highest BCUT2D eigenvalue weighted by atomic mass is 35.5. The van der Waals surface area contributed by atoms with E-state index in [4.69, 9.17) is 21.1 Å². The Kier molecular flexibility index (Phi) is 18.7. The van der Waals surface area contributed by atoms with Gasteiger partial charge < -0.3 is 14.5 Å². The van der Waals surface area contributed by atoms with Crippen LogP contribution in [0.5, 0.6) is 0 Å². The van der Waals surface area contributed by atoms with Gasteiger partial charge in [-0.25, -0.2) is 4.79 Å². The second-order valence-electron chi connectivity index (χ2n) is 11.3. The normalized spacial score (nSPS) is 13.8. The summed E-state index contributed by atoms with van der Waals surface area (Å²) in [5, 5.41) is 0. The number of H-pyrrole nitrogens is 1. The molecular weight excluding hydrogens is 536 g/mol. The quantitative estimate of drug-likeness (QED) is 0.0980. The zero-order valence-corrected chi connectivity index (χ0v) is 26.6. The van der Waals surface area contributed by atoms with Gasteiger partial charge in [0, 0.05) is 18.6 Å². The van der Waals surface area contributed by atoms with E-state index in [1.807, 2.05) is 25.1 Å². The van der Waals surface area contributed by atoms with Crippen LogP contribution in [0, 0.1) is 0 Å². The van der Waals surface area contributed by atoms with Crippen LogP contribution in [0.15, 0.2) is 46.1 Å². The second kappa shape index (κ2) is 21.8. The van der Waals surface area contributed by atoms with Crippen LogP contribution < -0.4 is 11.2 Å². The van der Waals surface area contributed by atoms with Crippen molar-refractivity contribution in [3.8, 4) is 0 Å². The highest BCUT2D eigenvalue weighted by Crippen LogP contribution is 2.25. The summed E-state index contributed by atoms with van der Waals surface area (Å²) >= 11 is 5.84. The van der Waals surface area contributed by atoms with Crippen molar-refractivity contribution in [2.75, 3.05) is 5.88 Å². The fourth-order valence-electron chi connectivity index (χ4n) is 5.33. The van der Waals surface area contributed by atoms with Gasteiger partial charge in [0.05, 0.1) is 30.5 Å². The zero-order chi connectivity index (χ0) is 29.7. The first-order chi connectivity index (χ1) is 20.0. The van der Waals surface area contributed by atoms with E-state index in [1.165, 1.54) is 83.2 Å². The number of aromatic amines is 1. The Morgan fingerprint density at radius 2 is 1.44 bits per heavy atom. The Balaban J connectivity index is 1.89. The number of alkyl halides is 1. The summed E-state index contributed by atoms with van der Waals surface area (Å²) < 4.78 is 14.0. The fraction of sp³-hybridized carbons (Fsp3) is 0.706. The molecule has 0 bridgehead atoms. The van der Waals surface area contributed by atoms with Crippen LogP contribution in [0.1, 0.15) is 134 Å². The van der Waals surface area contributed by atoms with Gasteiger partial charge in [-0.05, 0) is 25.3 Å². The summed E-state index contributed by atoms with van der Waals surface area (Å²) in [7, 11) is 0. The van der Waals surface area contributed by atoms with E-state index in [0.717, 1.165) is 23.0 Å². The van der Waals surface area contributed by atoms with Crippen molar-refractivity contribution in [3.63, 3.8) is 0 Å². The number of ether oxygens (including phenoxy) is 2.